The van der Waals surface area contributed by atoms with Gasteiger partial charge in [0.1, 0.15) is 0 Å². The molecule has 5 nitrogen and oxygen atoms in total. The number of pyridine rings is 1. The number of hydrogen-bond donors (Lipinski definition) is 1. The Hall–Kier alpha value is -1.40. The van der Waals surface area contributed by atoms with Gasteiger partial charge < -0.3 is 0 Å². The van der Waals surface area contributed by atoms with E-state index in [0.29, 0.717) is 6.42 Å². The maximum absolute atomic E-state index is 11.5. The normalized spacial score (nSPS) is 12.1. The molecule has 2 aromatic heterocycles. The molecular formula is C11H15N3O2S. The van der Waals surface area contributed by atoms with Crippen molar-refractivity contribution in [3.63, 3.8) is 0 Å². The Morgan fingerprint density at radius 1 is 1.41 bits per heavy atom. The number of fused-ring (bicyclic) bond motifs is 1. The molecule has 2 rings (SSSR count). The summed E-state index contributed by atoms with van der Waals surface area (Å²) in [6.07, 6.45) is 2.44. The van der Waals surface area contributed by atoms with Gasteiger partial charge >= 0.3 is 0 Å². The standard InChI is InChI=1S/C11H15N3O2S/c1-2-7-17(15,16)12-9-10-8-11-5-3-4-6-14(11)13-10/h3-6,8,12H,2,7,9H2,1H3. The van der Waals surface area contributed by atoms with Crippen molar-refractivity contribution in [2.45, 2.75) is 19.9 Å². The van der Waals surface area contributed by atoms with E-state index in [0.717, 1.165) is 11.2 Å². The predicted octanol–water partition coefficient (Wildman–Crippen LogP) is 1.16. The van der Waals surface area contributed by atoms with Gasteiger partial charge in [0, 0.05) is 6.20 Å². The largest absolute Gasteiger partial charge is 0.241 e. The highest BCUT2D eigenvalue weighted by atomic mass is 32.2. The van der Waals surface area contributed by atoms with Gasteiger partial charge in [-0.2, -0.15) is 5.10 Å². The minimum Gasteiger partial charge on any atom is -0.241 e. The fraction of sp³-hybridized carbons (Fsp3) is 0.364. The molecule has 0 aliphatic rings. The third-order valence-electron chi connectivity index (χ3n) is 2.37. The first kappa shape index (κ1) is 12.1. The van der Waals surface area contributed by atoms with Crippen LogP contribution in [0.4, 0.5) is 0 Å². The Balaban J connectivity index is 2.09. The number of nitrogens with zero attached hydrogens (tertiary/aromatic N) is 2. The van der Waals surface area contributed by atoms with Crippen LogP contribution < -0.4 is 4.72 Å². The van der Waals surface area contributed by atoms with Gasteiger partial charge in [0.25, 0.3) is 0 Å². The van der Waals surface area contributed by atoms with E-state index in [1.54, 1.807) is 4.52 Å². The molecule has 0 aliphatic carbocycles. The highest BCUT2D eigenvalue weighted by Gasteiger charge is 2.09. The maximum Gasteiger partial charge on any atom is 0.211 e. The van der Waals surface area contributed by atoms with Crippen LogP contribution in [0.2, 0.25) is 0 Å². The van der Waals surface area contributed by atoms with Crippen molar-refractivity contribution in [3.8, 4) is 0 Å². The van der Waals surface area contributed by atoms with Gasteiger partial charge in [-0.05, 0) is 24.6 Å². The Morgan fingerprint density at radius 2 is 2.24 bits per heavy atom. The predicted molar refractivity (Wildman–Crippen MR) is 66.1 cm³/mol. The zero-order chi connectivity index (χ0) is 12.3. The lowest BCUT2D eigenvalue weighted by atomic mass is 10.3. The molecule has 0 saturated heterocycles. The van der Waals surface area contributed by atoms with Gasteiger partial charge in [0.05, 0.1) is 23.5 Å². The molecule has 0 spiro atoms. The molecule has 0 radical (unpaired) electrons. The second-order valence-corrected chi connectivity index (χ2v) is 5.77. The van der Waals surface area contributed by atoms with E-state index >= 15 is 0 Å². The fourth-order valence-electron chi connectivity index (χ4n) is 1.60. The number of hydrogen-bond acceptors (Lipinski definition) is 3. The molecule has 6 heteroatoms. The highest BCUT2D eigenvalue weighted by molar-refractivity contribution is 7.89. The van der Waals surface area contributed by atoms with Crippen molar-refractivity contribution >= 4 is 15.5 Å². The van der Waals surface area contributed by atoms with E-state index < -0.39 is 10.0 Å². The average Bonchev–Trinajstić information content (AvgIpc) is 2.69. The molecule has 1 N–H and O–H groups in total. The Morgan fingerprint density at radius 3 is 2.94 bits per heavy atom. The van der Waals surface area contributed by atoms with Gasteiger partial charge in [0.2, 0.25) is 10.0 Å². The third kappa shape index (κ3) is 3.04. The molecule has 0 bridgehead atoms. The smallest absolute Gasteiger partial charge is 0.211 e. The number of aromatic nitrogens is 2. The van der Waals surface area contributed by atoms with Crippen LogP contribution in [0.5, 0.6) is 0 Å². The van der Waals surface area contributed by atoms with Crippen molar-refractivity contribution in [2.24, 2.45) is 0 Å². The fourth-order valence-corrected chi connectivity index (χ4v) is 2.65. The first-order chi connectivity index (χ1) is 8.11. The minimum absolute atomic E-state index is 0.153. The first-order valence-electron chi connectivity index (χ1n) is 5.51. The zero-order valence-electron chi connectivity index (χ0n) is 9.63. The van der Waals surface area contributed by atoms with Crippen LogP contribution in [0, 0.1) is 0 Å². The van der Waals surface area contributed by atoms with Crippen molar-refractivity contribution < 1.29 is 8.42 Å². The maximum atomic E-state index is 11.5. The van der Waals surface area contributed by atoms with Crippen LogP contribution in [0.1, 0.15) is 19.0 Å². The molecule has 0 atom stereocenters. The van der Waals surface area contributed by atoms with E-state index in [1.807, 2.05) is 37.4 Å². The van der Waals surface area contributed by atoms with E-state index in [-0.39, 0.29) is 12.3 Å². The second kappa shape index (κ2) is 4.85. The van der Waals surface area contributed by atoms with Crippen molar-refractivity contribution in [1.82, 2.24) is 14.3 Å². The van der Waals surface area contributed by atoms with Gasteiger partial charge in [0.15, 0.2) is 0 Å². The van der Waals surface area contributed by atoms with Gasteiger partial charge in [-0.3, -0.25) is 0 Å². The van der Waals surface area contributed by atoms with Crippen LogP contribution in [0.3, 0.4) is 0 Å². The summed E-state index contributed by atoms with van der Waals surface area (Å²) < 4.78 is 27.2. The highest BCUT2D eigenvalue weighted by Crippen LogP contribution is 2.05. The van der Waals surface area contributed by atoms with Crippen LogP contribution in [0.15, 0.2) is 30.5 Å². The van der Waals surface area contributed by atoms with Gasteiger partial charge in [-0.25, -0.2) is 17.7 Å². The molecule has 2 heterocycles. The summed E-state index contributed by atoms with van der Waals surface area (Å²) in [5.74, 6) is 0.153. The molecular weight excluding hydrogens is 238 g/mol. The summed E-state index contributed by atoms with van der Waals surface area (Å²) in [5, 5.41) is 4.27. The lowest BCUT2D eigenvalue weighted by molar-refractivity contribution is 0.579. The second-order valence-electron chi connectivity index (χ2n) is 3.85. The number of nitrogens with one attached hydrogen (secondary N) is 1. The average molecular weight is 253 g/mol. The van der Waals surface area contributed by atoms with Crippen LogP contribution in [-0.2, 0) is 16.6 Å². The molecule has 0 fully saturated rings. The van der Waals surface area contributed by atoms with Crippen molar-refractivity contribution in [2.75, 3.05) is 5.75 Å². The summed E-state index contributed by atoms with van der Waals surface area (Å²) >= 11 is 0. The SMILES string of the molecule is CCCS(=O)(=O)NCc1cc2ccccn2n1. The van der Waals surface area contributed by atoms with Crippen LogP contribution in [0.25, 0.3) is 5.52 Å². The Labute approximate surface area is 101 Å². The van der Waals surface area contributed by atoms with E-state index in [2.05, 4.69) is 9.82 Å². The van der Waals surface area contributed by atoms with E-state index in [9.17, 15) is 8.42 Å². The lowest BCUT2D eigenvalue weighted by Gasteiger charge is -2.02. The zero-order valence-corrected chi connectivity index (χ0v) is 10.4. The number of sulfonamides is 1. The Bertz CT molecular complexity index is 571. The van der Waals surface area contributed by atoms with Crippen LogP contribution >= 0.6 is 0 Å². The van der Waals surface area contributed by atoms with Crippen molar-refractivity contribution in [3.05, 3.63) is 36.2 Å². The third-order valence-corrected chi connectivity index (χ3v) is 3.90. The summed E-state index contributed by atoms with van der Waals surface area (Å²) in [6, 6.07) is 7.60. The Kier molecular flexibility index (Phi) is 3.44. The van der Waals surface area contributed by atoms with Crippen LogP contribution in [-0.4, -0.2) is 23.8 Å². The molecule has 0 amide bonds. The molecule has 17 heavy (non-hydrogen) atoms. The van der Waals surface area contributed by atoms with Gasteiger partial charge in [-0.15, -0.1) is 0 Å². The lowest BCUT2D eigenvalue weighted by Crippen LogP contribution is -2.25. The topological polar surface area (TPSA) is 63.5 Å². The minimum atomic E-state index is -3.17. The quantitative estimate of drug-likeness (QED) is 0.869. The monoisotopic (exact) mass is 253 g/mol. The summed E-state index contributed by atoms with van der Waals surface area (Å²) in [5.41, 5.74) is 1.67. The summed E-state index contributed by atoms with van der Waals surface area (Å²) in [6.45, 7) is 2.08. The molecule has 2 aromatic rings. The summed E-state index contributed by atoms with van der Waals surface area (Å²) in [4.78, 5) is 0. The molecule has 0 aliphatic heterocycles. The molecule has 0 aromatic carbocycles. The molecule has 92 valence electrons. The first-order valence-corrected chi connectivity index (χ1v) is 7.16. The van der Waals surface area contributed by atoms with E-state index in [4.69, 9.17) is 0 Å². The molecule has 0 saturated carbocycles. The van der Waals surface area contributed by atoms with E-state index in [1.165, 1.54) is 0 Å². The number of rotatable bonds is 5. The van der Waals surface area contributed by atoms with Gasteiger partial charge in [-0.1, -0.05) is 13.0 Å². The summed E-state index contributed by atoms with van der Waals surface area (Å²) in [7, 11) is -3.17. The van der Waals surface area contributed by atoms with Crippen molar-refractivity contribution in [1.29, 1.82) is 0 Å². The molecule has 0 unspecified atom stereocenters.